The zero-order chi connectivity index (χ0) is 25.5. The monoisotopic (exact) mass is 507 g/mol. The van der Waals surface area contributed by atoms with E-state index in [9.17, 15) is 14.5 Å². The van der Waals surface area contributed by atoms with E-state index >= 15 is 0 Å². The van der Waals surface area contributed by atoms with Crippen LogP contribution in [-0.4, -0.2) is 39.6 Å². The molecule has 0 saturated carbocycles. The number of hydrogen-bond donors (Lipinski definition) is 4. The van der Waals surface area contributed by atoms with E-state index in [-0.39, 0.29) is 5.91 Å². The summed E-state index contributed by atoms with van der Waals surface area (Å²) < 4.78 is 15.7. The van der Waals surface area contributed by atoms with Crippen LogP contribution in [-0.2, 0) is 13.9 Å². The summed E-state index contributed by atoms with van der Waals surface area (Å²) in [4.78, 5) is 30.4. The van der Waals surface area contributed by atoms with Gasteiger partial charge in [0.1, 0.15) is 0 Å². The van der Waals surface area contributed by atoms with Crippen molar-refractivity contribution < 1.29 is 28.8 Å². The molecule has 7 nitrogen and oxygen atoms in total. The molecule has 2 atom stereocenters. The van der Waals surface area contributed by atoms with Crippen molar-refractivity contribution in [2.45, 2.75) is 154 Å². The lowest BCUT2D eigenvalue weighted by molar-refractivity contribution is -0.123. The number of amides is 1. The Hall–Kier alpha value is -0.460. The van der Waals surface area contributed by atoms with Crippen LogP contribution in [0.5, 0.6) is 0 Å². The molecule has 1 amide bonds. The maximum Gasteiger partial charge on any atom is 0.469 e. The summed E-state index contributed by atoms with van der Waals surface area (Å²) >= 11 is 0. The normalized spacial score (nSPS) is 13.7. The molecule has 4 N–H and O–H groups in total. The molecular weight excluding hydrogens is 453 g/mol. The van der Waals surface area contributed by atoms with Crippen LogP contribution in [0.25, 0.3) is 0 Å². The van der Waals surface area contributed by atoms with Crippen molar-refractivity contribution in [2.24, 2.45) is 0 Å². The smallest absolute Gasteiger partial charge is 0.391 e. The molecule has 0 spiro atoms. The minimum Gasteiger partial charge on any atom is -0.391 e. The number of phosphoric acid groups is 1. The summed E-state index contributed by atoms with van der Waals surface area (Å²) in [6.07, 6.45) is 20.9. The molecule has 0 aliphatic heterocycles. The summed E-state index contributed by atoms with van der Waals surface area (Å²) in [6.45, 7) is 4.03. The number of carbonyl (C=O) groups excluding carboxylic acids is 1. The van der Waals surface area contributed by atoms with Crippen molar-refractivity contribution in [2.75, 3.05) is 6.61 Å². The van der Waals surface area contributed by atoms with Crippen molar-refractivity contribution in [1.29, 1.82) is 0 Å². The van der Waals surface area contributed by atoms with Gasteiger partial charge in [-0.3, -0.25) is 9.32 Å². The molecule has 0 fully saturated rings. The number of hydrogen-bond acceptors (Lipinski definition) is 4. The summed E-state index contributed by atoms with van der Waals surface area (Å²) in [5.41, 5.74) is 0. The van der Waals surface area contributed by atoms with Crippen LogP contribution in [0.15, 0.2) is 0 Å². The fourth-order valence-corrected chi connectivity index (χ4v) is 4.52. The van der Waals surface area contributed by atoms with Gasteiger partial charge in [0.2, 0.25) is 5.91 Å². The van der Waals surface area contributed by atoms with E-state index in [1.807, 2.05) is 0 Å². The Kier molecular flexibility index (Phi) is 22.7. The first-order valence-electron chi connectivity index (χ1n) is 14.0. The van der Waals surface area contributed by atoms with Crippen LogP contribution in [0.4, 0.5) is 0 Å². The highest BCUT2D eigenvalue weighted by Crippen LogP contribution is 2.36. The fraction of sp³-hybridized carbons (Fsp3) is 0.962. The van der Waals surface area contributed by atoms with E-state index in [2.05, 4.69) is 23.7 Å². The van der Waals surface area contributed by atoms with Crippen LogP contribution >= 0.6 is 7.82 Å². The number of rotatable bonds is 25. The molecule has 0 aliphatic rings. The van der Waals surface area contributed by atoms with Gasteiger partial charge in [0, 0.05) is 6.42 Å². The van der Waals surface area contributed by atoms with E-state index in [0.29, 0.717) is 12.8 Å². The Labute approximate surface area is 209 Å². The zero-order valence-corrected chi connectivity index (χ0v) is 22.9. The van der Waals surface area contributed by atoms with Gasteiger partial charge in [0.05, 0.1) is 18.8 Å². The average Bonchev–Trinajstić information content (AvgIpc) is 2.78. The molecule has 0 rings (SSSR count). The summed E-state index contributed by atoms with van der Waals surface area (Å²) in [5, 5.41) is 13.3. The van der Waals surface area contributed by atoms with Gasteiger partial charge in [-0.05, 0) is 12.8 Å². The van der Waals surface area contributed by atoms with Crippen LogP contribution in [0.3, 0.4) is 0 Å². The van der Waals surface area contributed by atoms with Crippen LogP contribution in [0.2, 0.25) is 0 Å². The fourth-order valence-electron chi connectivity index (χ4n) is 4.17. The molecule has 0 bridgehead atoms. The maximum atomic E-state index is 12.3. The van der Waals surface area contributed by atoms with E-state index in [1.54, 1.807) is 0 Å². The molecule has 0 radical (unpaired) electrons. The van der Waals surface area contributed by atoms with Crippen molar-refractivity contribution in [3.63, 3.8) is 0 Å². The van der Waals surface area contributed by atoms with Crippen LogP contribution < -0.4 is 5.32 Å². The molecule has 34 heavy (non-hydrogen) atoms. The first-order valence-corrected chi connectivity index (χ1v) is 15.5. The number of aliphatic hydroxyl groups is 1. The van der Waals surface area contributed by atoms with Gasteiger partial charge in [-0.15, -0.1) is 0 Å². The van der Waals surface area contributed by atoms with Gasteiger partial charge in [0.25, 0.3) is 0 Å². The lowest BCUT2D eigenvalue weighted by Crippen LogP contribution is -2.46. The molecule has 0 aromatic heterocycles. The largest absolute Gasteiger partial charge is 0.469 e. The number of unbranched alkanes of at least 4 members (excludes halogenated alkanes) is 16. The summed E-state index contributed by atoms with van der Waals surface area (Å²) in [7, 11) is -4.66. The molecule has 0 heterocycles. The Morgan fingerprint density at radius 2 is 1.15 bits per heavy atom. The van der Waals surface area contributed by atoms with Gasteiger partial charge in [-0.2, -0.15) is 0 Å². The number of nitrogens with one attached hydrogen (secondary N) is 1. The molecule has 0 aromatic carbocycles. The third-order valence-corrected chi connectivity index (χ3v) is 6.83. The van der Waals surface area contributed by atoms with Crippen molar-refractivity contribution in [3.8, 4) is 0 Å². The summed E-state index contributed by atoms with van der Waals surface area (Å²) in [5.74, 6) is -0.201. The summed E-state index contributed by atoms with van der Waals surface area (Å²) in [6, 6.07) is -0.812. The minimum absolute atomic E-state index is 0.201. The van der Waals surface area contributed by atoms with Gasteiger partial charge < -0.3 is 20.2 Å². The van der Waals surface area contributed by atoms with Gasteiger partial charge in [-0.1, -0.05) is 123 Å². The van der Waals surface area contributed by atoms with Gasteiger partial charge in [-0.25, -0.2) is 4.57 Å². The molecular formula is C26H54NO6P. The number of phosphoric ester groups is 1. The second kappa shape index (κ2) is 23.0. The third-order valence-electron chi connectivity index (χ3n) is 6.34. The SMILES string of the molecule is CCCCCCCCCCCC[C@@H](O)[C@H](COP(=O)(O)O)NC(=O)CCCCCCCCCC. The topological polar surface area (TPSA) is 116 Å². The predicted octanol–water partition coefficient (Wildman–Crippen LogP) is 6.78. The van der Waals surface area contributed by atoms with Gasteiger partial charge in [0.15, 0.2) is 0 Å². The van der Waals surface area contributed by atoms with E-state index < -0.39 is 26.6 Å². The number of carbonyl (C=O) groups is 1. The van der Waals surface area contributed by atoms with Crippen molar-refractivity contribution in [3.05, 3.63) is 0 Å². The highest BCUT2D eigenvalue weighted by molar-refractivity contribution is 7.46. The second-order valence-electron chi connectivity index (χ2n) is 9.72. The molecule has 0 saturated heterocycles. The lowest BCUT2D eigenvalue weighted by Gasteiger charge is -2.24. The quantitative estimate of drug-likeness (QED) is 0.0799. The van der Waals surface area contributed by atoms with E-state index in [1.165, 1.54) is 77.0 Å². The molecule has 0 aliphatic carbocycles. The maximum absolute atomic E-state index is 12.3. The Morgan fingerprint density at radius 1 is 0.735 bits per heavy atom. The van der Waals surface area contributed by atoms with Crippen molar-refractivity contribution in [1.82, 2.24) is 5.32 Å². The Bertz CT molecular complexity index is 514. The molecule has 8 heteroatoms. The highest BCUT2D eigenvalue weighted by atomic mass is 31.2. The standard InChI is InChI=1S/C26H54NO6P/c1-3-5-7-9-11-13-14-15-17-19-21-25(28)24(23-33-34(30,31)32)27-26(29)22-20-18-16-12-10-8-6-4-2/h24-25,28H,3-23H2,1-2H3,(H,27,29)(H2,30,31,32)/t24-,25+/m0/s1. The molecule has 0 aromatic rings. The zero-order valence-electron chi connectivity index (χ0n) is 22.0. The predicted molar refractivity (Wildman–Crippen MR) is 140 cm³/mol. The highest BCUT2D eigenvalue weighted by Gasteiger charge is 2.25. The third kappa shape index (κ3) is 23.3. The minimum atomic E-state index is -4.66. The van der Waals surface area contributed by atoms with Crippen LogP contribution in [0, 0.1) is 0 Å². The molecule has 204 valence electrons. The Morgan fingerprint density at radius 3 is 1.59 bits per heavy atom. The number of aliphatic hydroxyl groups excluding tert-OH is 1. The van der Waals surface area contributed by atoms with E-state index in [4.69, 9.17) is 9.79 Å². The Balaban J connectivity index is 4.14. The van der Waals surface area contributed by atoms with E-state index in [0.717, 1.165) is 38.5 Å². The van der Waals surface area contributed by atoms with Gasteiger partial charge >= 0.3 is 7.82 Å². The first-order chi connectivity index (χ1) is 16.3. The van der Waals surface area contributed by atoms with Crippen LogP contribution in [0.1, 0.15) is 142 Å². The van der Waals surface area contributed by atoms with Crippen molar-refractivity contribution >= 4 is 13.7 Å². The second-order valence-corrected chi connectivity index (χ2v) is 11.0. The molecule has 0 unspecified atom stereocenters. The lowest BCUT2D eigenvalue weighted by atomic mass is 10.0. The first kappa shape index (κ1) is 33.5. The average molecular weight is 508 g/mol.